The first-order chi connectivity index (χ1) is 7.57. The number of rotatable bonds is 2. The lowest BCUT2D eigenvalue weighted by molar-refractivity contribution is -0.182. The number of carbonyl (C=O) groups is 1. The van der Waals surface area contributed by atoms with E-state index in [9.17, 15) is 9.90 Å². The second-order valence-corrected chi connectivity index (χ2v) is 5.37. The molecule has 0 aliphatic heterocycles. The summed E-state index contributed by atoms with van der Waals surface area (Å²) in [4.78, 5) is 12.2. The first-order valence-electron chi connectivity index (χ1n) is 6.46. The predicted molar refractivity (Wildman–Crippen MR) is 60.9 cm³/mol. The van der Waals surface area contributed by atoms with Crippen molar-refractivity contribution in [3.05, 3.63) is 0 Å². The molecule has 0 aromatic heterocycles. The molecule has 0 bridgehead atoms. The molecule has 2 saturated carbocycles. The highest BCUT2D eigenvalue weighted by Crippen LogP contribution is 2.58. The van der Waals surface area contributed by atoms with Crippen molar-refractivity contribution in [2.45, 2.75) is 58.0 Å². The first-order valence-corrected chi connectivity index (χ1v) is 6.46. The Labute approximate surface area is 97.2 Å². The zero-order valence-electron chi connectivity index (χ0n) is 10.3. The van der Waals surface area contributed by atoms with E-state index in [1.165, 1.54) is 0 Å². The molecule has 3 heteroatoms. The van der Waals surface area contributed by atoms with Crippen molar-refractivity contribution >= 4 is 5.97 Å². The molecule has 0 saturated heterocycles. The van der Waals surface area contributed by atoms with Crippen molar-refractivity contribution < 1.29 is 14.6 Å². The van der Waals surface area contributed by atoms with Crippen molar-refractivity contribution in [1.82, 2.24) is 0 Å². The molecule has 0 spiro atoms. The van der Waals surface area contributed by atoms with Crippen LogP contribution in [0.3, 0.4) is 0 Å². The predicted octanol–water partition coefficient (Wildman–Crippen LogP) is 2.27. The van der Waals surface area contributed by atoms with Crippen LogP contribution in [0.2, 0.25) is 0 Å². The van der Waals surface area contributed by atoms with Gasteiger partial charge in [-0.2, -0.15) is 0 Å². The quantitative estimate of drug-likeness (QED) is 0.735. The van der Waals surface area contributed by atoms with Gasteiger partial charge in [0.1, 0.15) is 0 Å². The number of aliphatic hydroxyl groups is 1. The molecular weight excluding hydrogens is 204 g/mol. The van der Waals surface area contributed by atoms with E-state index in [0.717, 1.165) is 38.5 Å². The van der Waals surface area contributed by atoms with Gasteiger partial charge in [-0.3, -0.25) is 4.79 Å². The highest BCUT2D eigenvalue weighted by molar-refractivity contribution is 5.79. The summed E-state index contributed by atoms with van der Waals surface area (Å²) in [6.07, 6.45) is 5.36. The average molecular weight is 226 g/mol. The second-order valence-electron chi connectivity index (χ2n) is 5.37. The molecular formula is C13H22O3. The van der Waals surface area contributed by atoms with Crippen LogP contribution in [0.1, 0.15) is 52.4 Å². The fraction of sp³-hybridized carbons (Fsp3) is 0.923. The van der Waals surface area contributed by atoms with Crippen molar-refractivity contribution in [3.8, 4) is 0 Å². The van der Waals surface area contributed by atoms with Gasteiger partial charge in [-0.25, -0.2) is 0 Å². The zero-order valence-corrected chi connectivity index (χ0v) is 10.3. The Morgan fingerprint density at radius 2 is 2.06 bits per heavy atom. The molecule has 16 heavy (non-hydrogen) atoms. The number of esters is 1. The highest BCUT2D eigenvalue weighted by atomic mass is 16.5. The van der Waals surface area contributed by atoms with Crippen molar-refractivity contribution in [2.75, 3.05) is 6.61 Å². The fourth-order valence-electron chi connectivity index (χ4n) is 3.69. The first kappa shape index (κ1) is 11.9. The van der Waals surface area contributed by atoms with Crippen LogP contribution in [0.5, 0.6) is 0 Å². The minimum atomic E-state index is -0.808. The van der Waals surface area contributed by atoms with Gasteiger partial charge in [-0.1, -0.05) is 19.8 Å². The van der Waals surface area contributed by atoms with Gasteiger partial charge in [0.15, 0.2) is 0 Å². The molecule has 2 rings (SSSR count). The molecule has 0 aromatic rings. The third-order valence-corrected chi connectivity index (χ3v) is 4.73. The van der Waals surface area contributed by atoms with Crippen LogP contribution in [-0.4, -0.2) is 23.3 Å². The molecule has 1 N–H and O–H groups in total. The van der Waals surface area contributed by atoms with E-state index >= 15 is 0 Å². The third kappa shape index (κ3) is 1.41. The van der Waals surface area contributed by atoms with E-state index in [4.69, 9.17) is 4.74 Å². The lowest BCUT2D eigenvalue weighted by Crippen LogP contribution is -2.54. The molecule has 92 valence electrons. The maximum absolute atomic E-state index is 12.2. The van der Waals surface area contributed by atoms with Crippen molar-refractivity contribution in [1.29, 1.82) is 0 Å². The number of hydrogen-bond donors (Lipinski definition) is 1. The van der Waals surface area contributed by atoms with E-state index in [2.05, 4.69) is 6.92 Å². The molecule has 0 aromatic carbocycles. The second kappa shape index (κ2) is 4.02. The minimum absolute atomic E-state index is 0.165. The SMILES string of the molecule is CCOC(=O)[C@@]12CCCC[C@]1(O)[C@@H](C)CC2. The van der Waals surface area contributed by atoms with Gasteiger partial charge in [0, 0.05) is 0 Å². The maximum Gasteiger partial charge on any atom is 0.315 e. The van der Waals surface area contributed by atoms with Gasteiger partial charge in [0.05, 0.1) is 17.6 Å². The van der Waals surface area contributed by atoms with Crippen molar-refractivity contribution in [2.24, 2.45) is 11.3 Å². The summed E-state index contributed by atoms with van der Waals surface area (Å²) in [6.45, 7) is 4.30. The summed E-state index contributed by atoms with van der Waals surface area (Å²) in [5.41, 5.74) is -1.40. The minimum Gasteiger partial charge on any atom is -0.465 e. The van der Waals surface area contributed by atoms with Gasteiger partial charge in [-0.05, 0) is 38.5 Å². The lowest BCUT2D eigenvalue weighted by Gasteiger charge is -2.45. The summed E-state index contributed by atoms with van der Waals surface area (Å²) in [7, 11) is 0. The van der Waals surface area contributed by atoms with E-state index in [-0.39, 0.29) is 11.9 Å². The molecule has 0 amide bonds. The molecule has 3 atom stereocenters. The van der Waals surface area contributed by atoms with Crippen LogP contribution >= 0.6 is 0 Å². The normalized spacial score (nSPS) is 42.8. The Balaban J connectivity index is 2.31. The Morgan fingerprint density at radius 3 is 2.75 bits per heavy atom. The summed E-state index contributed by atoms with van der Waals surface area (Å²) in [5.74, 6) is 0.0544. The van der Waals surface area contributed by atoms with E-state index in [1.807, 2.05) is 6.92 Å². The molecule has 0 radical (unpaired) electrons. The summed E-state index contributed by atoms with van der Waals surface area (Å²) in [6, 6.07) is 0. The Hall–Kier alpha value is -0.570. The Bertz CT molecular complexity index is 285. The van der Waals surface area contributed by atoms with Crippen LogP contribution in [0.25, 0.3) is 0 Å². The molecule has 3 nitrogen and oxygen atoms in total. The van der Waals surface area contributed by atoms with Gasteiger partial charge in [0.25, 0.3) is 0 Å². The topological polar surface area (TPSA) is 46.5 Å². The summed E-state index contributed by atoms with van der Waals surface area (Å²) >= 11 is 0. The van der Waals surface area contributed by atoms with E-state index in [0.29, 0.717) is 6.61 Å². The summed E-state index contributed by atoms with van der Waals surface area (Å²) < 4.78 is 5.20. The van der Waals surface area contributed by atoms with Gasteiger partial charge < -0.3 is 9.84 Å². The standard InChI is InChI=1S/C13H22O3/c1-3-16-11(14)12-7-4-5-8-13(12,15)10(2)6-9-12/h10,15H,3-9H2,1-2H3/t10-,12-,13-/m0/s1. The van der Waals surface area contributed by atoms with E-state index in [1.54, 1.807) is 0 Å². The van der Waals surface area contributed by atoms with Gasteiger partial charge in [-0.15, -0.1) is 0 Å². The zero-order chi connectivity index (χ0) is 11.8. The van der Waals surface area contributed by atoms with Crippen LogP contribution in [-0.2, 0) is 9.53 Å². The van der Waals surface area contributed by atoms with Crippen molar-refractivity contribution in [3.63, 3.8) is 0 Å². The number of carbonyl (C=O) groups excluding carboxylic acids is 1. The number of hydrogen-bond acceptors (Lipinski definition) is 3. The lowest BCUT2D eigenvalue weighted by atomic mass is 9.63. The van der Waals surface area contributed by atoms with Crippen LogP contribution in [0, 0.1) is 11.3 Å². The molecule has 0 heterocycles. The highest BCUT2D eigenvalue weighted by Gasteiger charge is 2.63. The number of fused-ring (bicyclic) bond motifs is 1. The fourth-order valence-corrected chi connectivity index (χ4v) is 3.69. The average Bonchev–Trinajstić information content (AvgIpc) is 2.54. The summed E-state index contributed by atoms with van der Waals surface area (Å²) in [5, 5.41) is 10.8. The van der Waals surface area contributed by atoms with Gasteiger partial charge in [0.2, 0.25) is 0 Å². The monoisotopic (exact) mass is 226 g/mol. The molecule has 2 aliphatic carbocycles. The van der Waals surface area contributed by atoms with Crippen LogP contribution in [0.4, 0.5) is 0 Å². The third-order valence-electron chi connectivity index (χ3n) is 4.73. The maximum atomic E-state index is 12.2. The molecule has 0 unspecified atom stereocenters. The molecule has 2 fully saturated rings. The molecule has 2 aliphatic rings. The van der Waals surface area contributed by atoms with Crippen LogP contribution < -0.4 is 0 Å². The Morgan fingerprint density at radius 1 is 1.38 bits per heavy atom. The Kier molecular flexibility index (Phi) is 2.99. The smallest absolute Gasteiger partial charge is 0.315 e. The largest absolute Gasteiger partial charge is 0.465 e. The van der Waals surface area contributed by atoms with Crippen LogP contribution in [0.15, 0.2) is 0 Å². The van der Waals surface area contributed by atoms with Gasteiger partial charge >= 0.3 is 5.97 Å². The van der Waals surface area contributed by atoms with E-state index < -0.39 is 11.0 Å². The number of ether oxygens (including phenoxy) is 1.